The van der Waals surface area contributed by atoms with Gasteiger partial charge in [-0.25, -0.2) is 9.37 Å². The third-order valence-electron chi connectivity index (χ3n) is 4.73. The van der Waals surface area contributed by atoms with Gasteiger partial charge in [-0.15, -0.1) is 0 Å². The Hall–Kier alpha value is -1.90. The van der Waals surface area contributed by atoms with Crippen LogP contribution in [0.1, 0.15) is 23.7 Å². The Bertz CT molecular complexity index is 818. The largest absolute Gasteiger partial charge is 0.417 e. The molecular formula is C19H20ClF4N3O. The Morgan fingerprint density at radius 2 is 1.89 bits per heavy atom. The zero-order chi connectivity index (χ0) is 20.3. The smallest absolute Gasteiger partial charge is 0.387 e. The van der Waals surface area contributed by atoms with Crippen LogP contribution in [-0.2, 0) is 6.18 Å². The fourth-order valence-corrected chi connectivity index (χ4v) is 3.56. The predicted octanol–water partition coefficient (Wildman–Crippen LogP) is 4.14. The van der Waals surface area contributed by atoms with Crippen molar-refractivity contribution in [3.63, 3.8) is 0 Å². The molecule has 2 aromatic rings. The summed E-state index contributed by atoms with van der Waals surface area (Å²) in [6.45, 7) is 2.54. The maximum Gasteiger partial charge on any atom is 0.417 e. The molecule has 1 aromatic carbocycles. The third kappa shape index (κ3) is 4.92. The second kappa shape index (κ2) is 8.63. The number of pyridine rings is 1. The molecule has 0 bridgehead atoms. The molecule has 1 aliphatic rings. The number of rotatable bonds is 4. The number of β-amino-alcohol motifs (C(OH)–C–C–N with tert-alkyl or cyclic N) is 1. The Morgan fingerprint density at radius 1 is 1.14 bits per heavy atom. The van der Waals surface area contributed by atoms with E-state index in [1.54, 1.807) is 18.2 Å². The highest BCUT2D eigenvalue weighted by atomic mass is 35.5. The molecule has 9 heteroatoms. The summed E-state index contributed by atoms with van der Waals surface area (Å²) in [6, 6.07) is 6.98. The van der Waals surface area contributed by atoms with Crippen LogP contribution in [0.4, 0.5) is 23.4 Å². The molecule has 4 nitrogen and oxygen atoms in total. The van der Waals surface area contributed by atoms with E-state index in [4.69, 9.17) is 11.6 Å². The summed E-state index contributed by atoms with van der Waals surface area (Å²) in [5.41, 5.74) is -0.637. The molecular weight excluding hydrogens is 398 g/mol. The van der Waals surface area contributed by atoms with Crippen molar-refractivity contribution in [3.05, 3.63) is 58.5 Å². The maximum absolute atomic E-state index is 13.8. The third-order valence-corrected chi connectivity index (χ3v) is 5.01. The molecule has 152 valence electrons. The van der Waals surface area contributed by atoms with Gasteiger partial charge in [-0.3, -0.25) is 4.90 Å². The van der Waals surface area contributed by atoms with E-state index in [1.165, 1.54) is 6.07 Å². The van der Waals surface area contributed by atoms with Crippen LogP contribution in [0, 0.1) is 5.82 Å². The maximum atomic E-state index is 13.8. The van der Waals surface area contributed by atoms with Crippen LogP contribution in [-0.4, -0.2) is 47.7 Å². The minimum Gasteiger partial charge on any atom is -0.387 e. The highest BCUT2D eigenvalue weighted by molar-refractivity contribution is 6.33. The molecule has 0 spiro atoms. The van der Waals surface area contributed by atoms with E-state index in [9.17, 15) is 22.7 Å². The normalized spacial score (nSPS) is 17.4. The first-order valence-electron chi connectivity index (χ1n) is 8.88. The van der Waals surface area contributed by atoms with Gasteiger partial charge in [-0.2, -0.15) is 13.2 Å². The zero-order valence-corrected chi connectivity index (χ0v) is 15.7. The number of anilines is 1. The molecule has 1 fully saturated rings. The fraction of sp³-hybridized carbons (Fsp3) is 0.421. The highest BCUT2D eigenvalue weighted by Gasteiger charge is 2.32. The van der Waals surface area contributed by atoms with Crippen LogP contribution in [0.5, 0.6) is 0 Å². The predicted molar refractivity (Wildman–Crippen MR) is 98.9 cm³/mol. The molecule has 1 N–H and O–H groups in total. The molecule has 3 rings (SSSR count). The summed E-state index contributed by atoms with van der Waals surface area (Å²) in [7, 11) is 0. The number of aromatic nitrogens is 1. The summed E-state index contributed by atoms with van der Waals surface area (Å²) in [5.74, 6) is -0.140. The van der Waals surface area contributed by atoms with Gasteiger partial charge in [0.15, 0.2) is 0 Å². The first kappa shape index (κ1) is 20.8. The number of benzene rings is 1. The summed E-state index contributed by atoms with van der Waals surface area (Å²) in [4.78, 5) is 7.74. The van der Waals surface area contributed by atoms with Crippen molar-refractivity contribution in [1.29, 1.82) is 0 Å². The van der Waals surface area contributed by atoms with Crippen LogP contribution in [0.3, 0.4) is 0 Å². The number of aliphatic hydroxyl groups excluding tert-OH is 1. The molecule has 2 heterocycles. The molecule has 0 aliphatic carbocycles. The van der Waals surface area contributed by atoms with Crippen LogP contribution in [0.15, 0.2) is 36.5 Å². The number of alkyl halides is 3. The SMILES string of the molecule is OC(CN1CCCN(c2ncc(C(F)(F)F)cc2Cl)CC1)c1ccccc1F. The van der Waals surface area contributed by atoms with Gasteiger partial charge in [0.05, 0.1) is 16.7 Å². The minimum absolute atomic E-state index is 0.0466. The second-order valence-electron chi connectivity index (χ2n) is 6.71. The van der Waals surface area contributed by atoms with Gasteiger partial charge in [0.2, 0.25) is 0 Å². The summed E-state index contributed by atoms with van der Waals surface area (Å²) >= 11 is 6.04. The van der Waals surface area contributed by atoms with Crippen LogP contribution >= 0.6 is 11.6 Å². The van der Waals surface area contributed by atoms with Crippen molar-refractivity contribution < 1.29 is 22.7 Å². The van der Waals surface area contributed by atoms with E-state index in [2.05, 4.69) is 4.98 Å². The van der Waals surface area contributed by atoms with Crippen LogP contribution in [0.25, 0.3) is 0 Å². The van der Waals surface area contributed by atoms with E-state index >= 15 is 0 Å². The molecule has 1 aromatic heterocycles. The van der Waals surface area contributed by atoms with Gasteiger partial charge in [-0.05, 0) is 18.6 Å². The van der Waals surface area contributed by atoms with Crippen molar-refractivity contribution in [3.8, 4) is 0 Å². The first-order valence-corrected chi connectivity index (χ1v) is 9.26. The number of nitrogens with zero attached hydrogens (tertiary/aromatic N) is 3. The van der Waals surface area contributed by atoms with Gasteiger partial charge >= 0.3 is 6.18 Å². The number of hydrogen-bond acceptors (Lipinski definition) is 4. The van der Waals surface area contributed by atoms with Crippen molar-refractivity contribution in [2.45, 2.75) is 18.7 Å². The average molecular weight is 418 g/mol. The minimum atomic E-state index is -4.49. The van der Waals surface area contributed by atoms with Gasteiger partial charge in [0.1, 0.15) is 11.6 Å². The van der Waals surface area contributed by atoms with Gasteiger partial charge in [0, 0.05) is 44.5 Å². The fourth-order valence-electron chi connectivity index (χ4n) is 3.27. The molecule has 1 aliphatic heterocycles. The Morgan fingerprint density at radius 3 is 2.57 bits per heavy atom. The topological polar surface area (TPSA) is 39.6 Å². The lowest BCUT2D eigenvalue weighted by atomic mass is 10.1. The first-order chi connectivity index (χ1) is 13.3. The molecule has 1 saturated heterocycles. The van der Waals surface area contributed by atoms with E-state index in [0.29, 0.717) is 38.4 Å². The van der Waals surface area contributed by atoms with E-state index < -0.39 is 23.7 Å². The van der Waals surface area contributed by atoms with Crippen molar-refractivity contribution in [2.75, 3.05) is 37.6 Å². The average Bonchev–Trinajstić information content (AvgIpc) is 2.86. The monoisotopic (exact) mass is 417 g/mol. The van der Waals surface area contributed by atoms with Crippen molar-refractivity contribution >= 4 is 17.4 Å². The van der Waals surface area contributed by atoms with E-state index in [-0.39, 0.29) is 17.1 Å². The lowest BCUT2D eigenvalue weighted by Gasteiger charge is -2.25. The summed E-state index contributed by atoms with van der Waals surface area (Å²) in [5, 5.41) is 10.3. The molecule has 0 radical (unpaired) electrons. The summed E-state index contributed by atoms with van der Waals surface area (Å²) in [6.07, 6.45) is -3.96. The van der Waals surface area contributed by atoms with Crippen LogP contribution in [0.2, 0.25) is 5.02 Å². The van der Waals surface area contributed by atoms with Gasteiger partial charge < -0.3 is 10.0 Å². The number of halogens is 5. The standard InChI is InChI=1S/C19H20ClF4N3O/c20-15-10-13(19(22,23)24)11-25-18(15)27-7-3-6-26(8-9-27)12-17(28)14-4-1-2-5-16(14)21/h1-2,4-5,10-11,17,28H,3,6-9,12H2. The number of hydrogen-bond donors (Lipinski definition) is 1. The molecule has 1 atom stereocenters. The number of aliphatic hydroxyl groups is 1. The van der Waals surface area contributed by atoms with Gasteiger partial charge in [-0.1, -0.05) is 29.8 Å². The lowest BCUT2D eigenvalue weighted by Crippen LogP contribution is -2.34. The quantitative estimate of drug-likeness (QED) is 0.759. The highest BCUT2D eigenvalue weighted by Crippen LogP contribution is 2.33. The van der Waals surface area contributed by atoms with E-state index in [1.807, 2.05) is 9.80 Å². The zero-order valence-electron chi connectivity index (χ0n) is 15.0. The van der Waals surface area contributed by atoms with E-state index in [0.717, 1.165) is 12.3 Å². The Labute approximate surface area is 165 Å². The molecule has 0 saturated carbocycles. The van der Waals surface area contributed by atoms with Gasteiger partial charge in [0.25, 0.3) is 0 Å². The Kier molecular flexibility index (Phi) is 6.42. The molecule has 1 unspecified atom stereocenters. The molecule has 0 amide bonds. The summed E-state index contributed by atoms with van der Waals surface area (Å²) < 4.78 is 52.2. The molecule has 28 heavy (non-hydrogen) atoms. The van der Waals surface area contributed by atoms with Crippen molar-refractivity contribution in [1.82, 2.24) is 9.88 Å². The second-order valence-corrected chi connectivity index (χ2v) is 7.11. The van der Waals surface area contributed by atoms with Crippen molar-refractivity contribution in [2.24, 2.45) is 0 Å². The van der Waals surface area contributed by atoms with Crippen LogP contribution < -0.4 is 4.90 Å². The Balaban J connectivity index is 1.64. The lowest BCUT2D eigenvalue weighted by molar-refractivity contribution is -0.137.